The normalized spacial score (nSPS) is 15.2. The molecular weight excluding hydrogens is 192 g/mol. The Labute approximate surface area is 90.5 Å². The van der Waals surface area contributed by atoms with Crippen LogP contribution in [0.1, 0.15) is 26.0 Å². The molecule has 2 atom stereocenters. The summed E-state index contributed by atoms with van der Waals surface area (Å²) in [4.78, 5) is 0. The Morgan fingerprint density at radius 2 is 2.33 bits per heavy atom. The first-order chi connectivity index (χ1) is 7.19. The van der Waals surface area contributed by atoms with Crippen LogP contribution in [0.3, 0.4) is 0 Å². The Bertz CT molecular complexity index is 287. The number of nitrogens with one attached hydrogen (secondary N) is 1. The van der Waals surface area contributed by atoms with Gasteiger partial charge in [-0.05, 0) is 5.92 Å². The number of aliphatic hydroxyl groups is 1. The standard InChI is InChI=1S/C10H20N4O/c1-4-8(2)10(7-15)11-5-9-6-12-13-14(9)3/h6,8,10-11,15H,4-5,7H2,1-3H3. The molecule has 1 aromatic heterocycles. The lowest BCUT2D eigenvalue weighted by atomic mass is 10.00. The van der Waals surface area contributed by atoms with Gasteiger partial charge in [0.1, 0.15) is 0 Å². The van der Waals surface area contributed by atoms with Crippen LogP contribution in [0.4, 0.5) is 0 Å². The molecule has 0 spiro atoms. The van der Waals surface area contributed by atoms with Crippen molar-refractivity contribution in [2.45, 2.75) is 32.9 Å². The first-order valence-corrected chi connectivity index (χ1v) is 5.36. The van der Waals surface area contributed by atoms with Crippen molar-refractivity contribution in [3.63, 3.8) is 0 Å². The van der Waals surface area contributed by atoms with E-state index in [0.29, 0.717) is 12.5 Å². The lowest BCUT2D eigenvalue weighted by Crippen LogP contribution is -2.37. The predicted octanol–water partition coefficient (Wildman–Crippen LogP) is 0.312. The summed E-state index contributed by atoms with van der Waals surface area (Å²) in [6.07, 6.45) is 2.79. The molecule has 1 heterocycles. The van der Waals surface area contributed by atoms with Gasteiger partial charge in [0.25, 0.3) is 0 Å². The molecule has 5 heteroatoms. The van der Waals surface area contributed by atoms with Crippen LogP contribution in [0.15, 0.2) is 6.20 Å². The molecule has 0 amide bonds. The maximum atomic E-state index is 9.22. The molecule has 0 saturated heterocycles. The van der Waals surface area contributed by atoms with E-state index in [1.807, 2.05) is 7.05 Å². The van der Waals surface area contributed by atoms with Crippen LogP contribution in [0.2, 0.25) is 0 Å². The largest absolute Gasteiger partial charge is 0.395 e. The summed E-state index contributed by atoms with van der Waals surface area (Å²) in [6, 6.07) is 0.143. The van der Waals surface area contributed by atoms with Gasteiger partial charge in [-0.1, -0.05) is 25.5 Å². The van der Waals surface area contributed by atoms with Gasteiger partial charge in [0, 0.05) is 19.6 Å². The lowest BCUT2D eigenvalue weighted by molar-refractivity contribution is 0.200. The molecule has 2 N–H and O–H groups in total. The zero-order chi connectivity index (χ0) is 11.3. The number of nitrogens with zero attached hydrogens (tertiary/aromatic N) is 3. The summed E-state index contributed by atoms with van der Waals surface area (Å²) in [5.41, 5.74) is 1.02. The van der Waals surface area contributed by atoms with Gasteiger partial charge in [0.05, 0.1) is 18.5 Å². The second-order valence-electron chi connectivity index (χ2n) is 3.90. The highest BCUT2D eigenvalue weighted by Gasteiger charge is 2.14. The fraction of sp³-hybridized carbons (Fsp3) is 0.800. The van der Waals surface area contributed by atoms with Gasteiger partial charge < -0.3 is 10.4 Å². The second-order valence-corrected chi connectivity index (χ2v) is 3.90. The fourth-order valence-corrected chi connectivity index (χ4v) is 1.44. The molecule has 5 nitrogen and oxygen atoms in total. The number of aromatic nitrogens is 3. The van der Waals surface area contributed by atoms with Crippen LogP contribution >= 0.6 is 0 Å². The Balaban J connectivity index is 2.44. The van der Waals surface area contributed by atoms with Crippen molar-refractivity contribution in [3.8, 4) is 0 Å². The van der Waals surface area contributed by atoms with Crippen molar-refractivity contribution in [3.05, 3.63) is 11.9 Å². The summed E-state index contributed by atoms with van der Waals surface area (Å²) in [5, 5.41) is 20.2. The van der Waals surface area contributed by atoms with Gasteiger partial charge in [0.2, 0.25) is 0 Å². The quantitative estimate of drug-likeness (QED) is 0.712. The van der Waals surface area contributed by atoms with Crippen LogP contribution in [0.5, 0.6) is 0 Å². The number of aryl methyl sites for hydroxylation is 1. The van der Waals surface area contributed by atoms with Crippen LogP contribution in [0, 0.1) is 5.92 Å². The SMILES string of the molecule is CCC(C)C(CO)NCc1cnnn1C. The molecule has 0 saturated carbocycles. The number of rotatable bonds is 6. The van der Waals surface area contributed by atoms with Crippen LogP contribution in [-0.2, 0) is 13.6 Å². The lowest BCUT2D eigenvalue weighted by Gasteiger charge is -2.21. The molecule has 0 bridgehead atoms. The average molecular weight is 212 g/mol. The van der Waals surface area contributed by atoms with E-state index in [9.17, 15) is 5.11 Å². The molecule has 1 rings (SSSR count). The summed E-state index contributed by atoms with van der Waals surface area (Å²) < 4.78 is 1.73. The van der Waals surface area contributed by atoms with Gasteiger partial charge in [-0.3, -0.25) is 4.68 Å². The van der Waals surface area contributed by atoms with Crippen molar-refractivity contribution in [2.24, 2.45) is 13.0 Å². The predicted molar refractivity (Wildman–Crippen MR) is 58.2 cm³/mol. The minimum absolute atomic E-state index is 0.143. The third kappa shape index (κ3) is 3.28. The molecule has 0 aliphatic rings. The zero-order valence-corrected chi connectivity index (χ0v) is 9.64. The smallest absolute Gasteiger partial charge is 0.0738 e. The van der Waals surface area contributed by atoms with Crippen LogP contribution in [-0.4, -0.2) is 32.7 Å². The molecule has 0 aliphatic carbocycles. The highest BCUT2D eigenvalue weighted by atomic mass is 16.3. The van der Waals surface area contributed by atoms with E-state index in [1.54, 1.807) is 10.9 Å². The van der Waals surface area contributed by atoms with Crippen molar-refractivity contribution in [1.82, 2.24) is 20.3 Å². The average Bonchev–Trinajstić information content (AvgIpc) is 2.65. The van der Waals surface area contributed by atoms with Gasteiger partial charge >= 0.3 is 0 Å². The first kappa shape index (κ1) is 12.1. The minimum atomic E-state index is 0.143. The molecule has 2 unspecified atom stereocenters. The van der Waals surface area contributed by atoms with E-state index in [2.05, 4.69) is 29.5 Å². The Morgan fingerprint density at radius 3 is 2.80 bits per heavy atom. The Kier molecular flexibility index (Phi) is 4.71. The van der Waals surface area contributed by atoms with E-state index in [4.69, 9.17) is 0 Å². The molecular formula is C10H20N4O. The zero-order valence-electron chi connectivity index (χ0n) is 9.64. The Hall–Kier alpha value is -0.940. The Morgan fingerprint density at radius 1 is 1.60 bits per heavy atom. The highest BCUT2D eigenvalue weighted by Crippen LogP contribution is 2.07. The summed E-state index contributed by atoms with van der Waals surface area (Å²) in [7, 11) is 1.86. The van der Waals surface area contributed by atoms with E-state index in [-0.39, 0.29) is 12.6 Å². The van der Waals surface area contributed by atoms with E-state index >= 15 is 0 Å². The van der Waals surface area contributed by atoms with E-state index in [0.717, 1.165) is 12.1 Å². The molecule has 86 valence electrons. The molecule has 1 aromatic rings. The van der Waals surface area contributed by atoms with Crippen molar-refractivity contribution >= 4 is 0 Å². The summed E-state index contributed by atoms with van der Waals surface area (Å²) >= 11 is 0. The van der Waals surface area contributed by atoms with Crippen molar-refractivity contribution in [2.75, 3.05) is 6.61 Å². The van der Waals surface area contributed by atoms with E-state index in [1.165, 1.54) is 0 Å². The maximum Gasteiger partial charge on any atom is 0.0738 e. The number of hydrogen-bond acceptors (Lipinski definition) is 4. The monoisotopic (exact) mass is 212 g/mol. The summed E-state index contributed by atoms with van der Waals surface area (Å²) in [5.74, 6) is 0.469. The van der Waals surface area contributed by atoms with Gasteiger partial charge in [-0.15, -0.1) is 5.10 Å². The highest BCUT2D eigenvalue weighted by molar-refractivity contribution is 4.93. The maximum absolute atomic E-state index is 9.22. The minimum Gasteiger partial charge on any atom is -0.395 e. The number of hydrogen-bond donors (Lipinski definition) is 2. The van der Waals surface area contributed by atoms with Crippen molar-refractivity contribution < 1.29 is 5.11 Å². The van der Waals surface area contributed by atoms with Crippen LogP contribution in [0.25, 0.3) is 0 Å². The molecule has 0 aliphatic heterocycles. The third-order valence-electron chi connectivity index (χ3n) is 2.88. The van der Waals surface area contributed by atoms with Crippen LogP contribution < -0.4 is 5.32 Å². The molecule has 15 heavy (non-hydrogen) atoms. The number of aliphatic hydroxyl groups excluding tert-OH is 1. The topological polar surface area (TPSA) is 63.0 Å². The van der Waals surface area contributed by atoms with Crippen molar-refractivity contribution in [1.29, 1.82) is 0 Å². The molecule has 0 aromatic carbocycles. The molecule has 0 radical (unpaired) electrons. The van der Waals surface area contributed by atoms with Gasteiger partial charge in [-0.25, -0.2) is 0 Å². The first-order valence-electron chi connectivity index (χ1n) is 5.36. The fourth-order valence-electron chi connectivity index (χ4n) is 1.44. The third-order valence-corrected chi connectivity index (χ3v) is 2.88. The van der Waals surface area contributed by atoms with E-state index < -0.39 is 0 Å². The molecule has 0 fully saturated rings. The van der Waals surface area contributed by atoms with Gasteiger partial charge in [0.15, 0.2) is 0 Å². The van der Waals surface area contributed by atoms with Gasteiger partial charge in [-0.2, -0.15) is 0 Å². The second kappa shape index (κ2) is 5.82. The summed E-state index contributed by atoms with van der Waals surface area (Å²) in [6.45, 7) is 5.12.